The fraction of sp³-hybridized carbons (Fsp3) is 0.571. The van der Waals surface area contributed by atoms with Gasteiger partial charge in [0.1, 0.15) is 6.17 Å². The molecule has 0 amide bonds. The molecule has 0 heterocycles. The predicted molar refractivity (Wildman–Crippen MR) is 70.3 cm³/mol. The fourth-order valence-corrected chi connectivity index (χ4v) is 2.95. The van der Waals surface area contributed by atoms with Gasteiger partial charge in [0.25, 0.3) is 0 Å². The molecule has 2 N–H and O–H groups in total. The molecular weight excluding hydrogens is 237 g/mol. The third-order valence-corrected chi connectivity index (χ3v) is 4.45. The second kappa shape index (κ2) is 4.95. The summed E-state index contributed by atoms with van der Waals surface area (Å²) in [6.07, 6.45) is 2.60. The van der Waals surface area contributed by atoms with Crippen molar-refractivity contribution in [1.29, 1.82) is 0 Å². The van der Waals surface area contributed by atoms with Crippen LogP contribution in [0, 0.1) is 6.92 Å². The van der Waals surface area contributed by atoms with Crippen LogP contribution in [0.2, 0.25) is 5.02 Å². The first-order valence-electron chi connectivity index (χ1n) is 6.21. The summed E-state index contributed by atoms with van der Waals surface area (Å²) in [5.41, 5.74) is 7.33. The van der Waals surface area contributed by atoms with Crippen LogP contribution in [0.3, 0.4) is 0 Å². The van der Waals surface area contributed by atoms with Gasteiger partial charge in [0.2, 0.25) is 0 Å². The van der Waals surface area contributed by atoms with Crippen LogP contribution in [-0.2, 0) is 5.41 Å². The van der Waals surface area contributed by atoms with Gasteiger partial charge in [0.15, 0.2) is 0 Å². The fourth-order valence-electron chi connectivity index (χ4n) is 2.77. The smallest absolute Gasteiger partial charge is 0.111 e. The van der Waals surface area contributed by atoms with Crippen LogP contribution < -0.4 is 5.73 Å². The van der Waals surface area contributed by atoms with Crippen molar-refractivity contribution in [1.82, 2.24) is 0 Å². The zero-order chi connectivity index (χ0) is 12.5. The number of hydrogen-bond donors (Lipinski definition) is 1. The van der Waals surface area contributed by atoms with Crippen LogP contribution in [0.15, 0.2) is 18.2 Å². The Morgan fingerprint density at radius 1 is 1.47 bits per heavy atom. The first-order valence-corrected chi connectivity index (χ1v) is 6.59. The molecule has 0 aromatic heterocycles. The average molecular weight is 256 g/mol. The number of alkyl halides is 1. The molecule has 1 aliphatic rings. The Bertz CT molecular complexity index is 407. The van der Waals surface area contributed by atoms with E-state index in [-0.39, 0.29) is 0 Å². The third-order valence-electron chi connectivity index (χ3n) is 4.04. The highest BCUT2D eigenvalue weighted by Gasteiger charge is 2.41. The van der Waals surface area contributed by atoms with E-state index < -0.39 is 11.6 Å². The van der Waals surface area contributed by atoms with E-state index in [1.54, 1.807) is 0 Å². The van der Waals surface area contributed by atoms with Crippen molar-refractivity contribution < 1.29 is 4.39 Å². The molecule has 1 saturated carbocycles. The molecule has 0 aliphatic heterocycles. The van der Waals surface area contributed by atoms with Gasteiger partial charge < -0.3 is 5.73 Å². The Hall–Kier alpha value is -0.600. The van der Waals surface area contributed by atoms with Gasteiger partial charge in [-0.1, -0.05) is 36.6 Å². The van der Waals surface area contributed by atoms with Crippen molar-refractivity contribution in [3.63, 3.8) is 0 Å². The molecule has 17 heavy (non-hydrogen) atoms. The molecular formula is C14H19ClFN. The summed E-state index contributed by atoms with van der Waals surface area (Å²) in [5.74, 6) is 0. The molecule has 2 atom stereocenters. The topological polar surface area (TPSA) is 26.0 Å². The zero-order valence-electron chi connectivity index (χ0n) is 10.2. The van der Waals surface area contributed by atoms with Crippen LogP contribution >= 0.6 is 11.6 Å². The molecule has 1 aliphatic carbocycles. The quantitative estimate of drug-likeness (QED) is 0.856. The van der Waals surface area contributed by atoms with Gasteiger partial charge >= 0.3 is 0 Å². The van der Waals surface area contributed by atoms with Gasteiger partial charge in [-0.15, -0.1) is 0 Å². The number of aryl methyl sites for hydroxylation is 1. The normalized spacial score (nSPS) is 29.3. The average Bonchev–Trinajstić information content (AvgIpc) is 2.34. The van der Waals surface area contributed by atoms with Crippen molar-refractivity contribution in [2.45, 2.75) is 44.2 Å². The summed E-state index contributed by atoms with van der Waals surface area (Å²) in [6.45, 7) is 2.31. The number of benzene rings is 1. The van der Waals surface area contributed by atoms with E-state index in [2.05, 4.69) is 0 Å². The maximum Gasteiger partial charge on any atom is 0.111 e. The monoisotopic (exact) mass is 255 g/mol. The maximum absolute atomic E-state index is 14.3. The second-order valence-electron chi connectivity index (χ2n) is 5.04. The second-order valence-corrected chi connectivity index (χ2v) is 5.44. The zero-order valence-corrected chi connectivity index (χ0v) is 10.9. The molecule has 1 aromatic carbocycles. The van der Waals surface area contributed by atoms with E-state index in [0.717, 1.165) is 30.4 Å². The maximum atomic E-state index is 14.3. The lowest BCUT2D eigenvalue weighted by Crippen LogP contribution is -2.46. The van der Waals surface area contributed by atoms with Gasteiger partial charge in [0, 0.05) is 17.0 Å². The standard InChI is InChI=1S/C14H19ClFN/c1-10-5-6-11(8-12(10)15)14(9-17)7-3-2-4-13(14)16/h5-6,8,13H,2-4,7,9,17H2,1H3. The van der Waals surface area contributed by atoms with Gasteiger partial charge in [-0.3, -0.25) is 0 Å². The largest absolute Gasteiger partial charge is 0.329 e. The Morgan fingerprint density at radius 3 is 2.82 bits per heavy atom. The first-order chi connectivity index (χ1) is 8.10. The van der Waals surface area contributed by atoms with Gasteiger partial charge in [0.05, 0.1) is 0 Å². The Labute approximate surface area is 107 Å². The number of nitrogens with two attached hydrogens (primary N) is 1. The summed E-state index contributed by atoms with van der Waals surface area (Å²) in [5, 5.41) is 0.702. The van der Waals surface area contributed by atoms with E-state index >= 15 is 0 Å². The van der Waals surface area contributed by atoms with Crippen molar-refractivity contribution in [3.8, 4) is 0 Å². The Balaban J connectivity index is 2.42. The first kappa shape index (κ1) is 12.8. The van der Waals surface area contributed by atoms with E-state index in [9.17, 15) is 4.39 Å². The molecule has 3 heteroatoms. The number of rotatable bonds is 2. The van der Waals surface area contributed by atoms with Crippen molar-refractivity contribution in [3.05, 3.63) is 34.3 Å². The lowest BCUT2D eigenvalue weighted by molar-refractivity contribution is 0.132. The summed E-state index contributed by atoms with van der Waals surface area (Å²) in [7, 11) is 0. The molecule has 2 unspecified atom stereocenters. The Morgan fingerprint density at radius 2 is 2.24 bits per heavy atom. The van der Waals surface area contributed by atoms with Crippen molar-refractivity contribution in [2.24, 2.45) is 5.73 Å². The van der Waals surface area contributed by atoms with Crippen LogP contribution in [0.4, 0.5) is 4.39 Å². The van der Waals surface area contributed by atoms with Gasteiger partial charge in [-0.05, 0) is 37.0 Å². The molecule has 1 fully saturated rings. The van der Waals surface area contributed by atoms with Crippen LogP contribution in [0.25, 0.3) is 0 Å². The summed E-state index contributed by atoms with van der Waals surface area (Å²) < 4.78 is 14.3. The van der Waals surface area contributed by atoms with E-state index in [1.807, 2.05) is 25.1 Å². The lowest BCUT2D eigenvalue weighted by Gasteiger charge is -2.40. The molecule has 0 radical (unpaired) electrons. The van der Waals surface area contributed by atoms with Gasteiger partial charge in [-0.2, -0.15) is 0 Å². The summed E-state index contributed by atoms with van der Waals surface area (Å²) in [6, 6.07) is 5.82. The minimum absolute atomic E-state index is 0.355. The van der Waals surface area contributed by atoms with E-state index in [1.165, 1.54) is 0 Å². The van der Waals surface area contributed by atoms with E-state index in [0.29, 0.717) is 18.0 Å². The van der Waals surface area contributed by atoms with E-state index in [4.69, 9.17) is 17.3 Å². The molecule has 2 rings (SSSR count). The lowest BCUT2D eigenvalue weighted by atomic mass is 9.68. The minimum atomic E-state index is -0.847. The van der Waals surface area contributed by atoms with Crippen LogP contribution in [0.5, 0.6) is 0 Å². The highest BCUT2D eigenvalue weighted by Crippen LogP contribution is 2.41. The SMILES string of the molecule is Cc1ccc(C2(CN)CCCCC2F)cc1Cl. The molecule has 0 spiro atoms. The molecule has 1 aromatic rings. The number of hydrogen-bond acceptors (Lipinski definition) is 1. The van der Waals surface area contributed by atoms with Crippen molar-refractivity contribution >= 4 is 11.6 Å². The molecule has 1 nitrogen and oxygen atoms in total. The molecule has 0 bridgehead atoms. The van der Waals surface area contributed by atoms with Crippen LogP contribution in [-0.4, -0.2) is 12.7 Å². The predicted octanol–water partition coefficient (Wildman–Crippen LogP) is 3.76. The van der Waals surface area contributed by atoms with Crippen LogP contribution in [0.1, 0.15) is 36.8 Å². The minimum Gasteiger partial charge on any atom is -0.329 e. The highest BCUT2D eigenvalue weighted by atomic mass is 35.5. The van der Waals surface area contributed by atoms with Crippen molar-refractivity contribution in [2.75, 3.05) is 6.54 Å². The molecule has 0 saturated heterocycles. The molecule has 94 valence electrons. The number of halogens is 2. The summed E-state index contributed by atoms with van der Waals surface area (Å²) in [4.78, 5) is 0. The highest BCUT2D eigenvalue weighted by molar-refractivity contribution is 6.31. The van der Waals surface area contributed by atoms with Gasteiger partial charge in [-0.25, -0.2) is 4.39 Å². The Kier molecular flexibility index (Phi) is 3.74. The summed E-state index contributed by atoms with van der Waals surface area (Å²) >= 11 is 6.14. The third kappa shape index (κ3) is 2.21.